The molecule has 3 fully saturated rings. The van der Waals surface area contributed by atoms with Crippen LogP contribution < -0.4 is 20.7 Å². The Morgan fingerprint density at radius 2 is 2.03 bits per heavy atom. The van der Waals surface area contributed by atoms with Crippen LogP contribution in [0.2, 0.25) is 0 Å². The SMILES string of the molecule is O=C(COc1ccccc1)Nc1cc(C2CC2)nn1C1NC(=O)C2CCCC2N1. The van der Waals surface area contributed by atoms with Crippen molar-refractivity contribution < 1.29 is 14.3 Å². The maximum absolute atomic E-state index is 12.5. The van der Waals surface area contributed by atoms with Gasteiger partial charge in [-0.2, -0.15) is 5.10 Å². The number of rotatable bonds is 6. The summed E-state index contributed by atoms with van der Waals surface area (Å²) in [5.74, 6) is 1.47. The van der Waals surface area contributed by atoms with Crippen LogP contribution in [-0.4, -0.2) is 34.2 Å². The fraction of sp³-hybridized carbons (Fsp3) is 0.476. The summed E-state index contributed by atoms with van der Waals surface area (Å²) in [5, 5.41) is 14.1. The first kappa shape index (κ1) is 18.2. The van der Waals surface area contributed by atoms with Crippen LogP contribution in [0.4, 0.5) is 5.82 Å². The molecule has 1 aromatic heterocycles. The lowest BCUT2D eigenvalue weighted by Crippen LogP contribution is -2.57. The van der Waals surface area contributed by atoms with Crippen molar-refractivity contribution in [3.8, 4) is 5.75 Å². The third kappa shape index (κ3) is 3.85. The van der Waals surface area contributed by atoms with Gasteiger partial charge in [0, 0.05) is 18.0 Å². The first-order chi connectivity index (χ1) is 14.2. The van der Waals surface area contributed by atoms with Crippen molar-refractivity contribution in [2.24, 2.45) is 5.92 Å². The molecule has 8 nitrogen and oxygen atoms in total. The zero-order chi connectivity index (χ0) is 19.8. The van der Waals surface area contributed by atoms with Crippen molar-refractivity contribution >= 4 is 17.6 Å². The number of fused-ring (bicyclic) bond motifs is 1. The zero-order valence-corrected chi connectivity index (χ0v) is 16.1. The number of ether oxygens (including phenoxy) is 1. The Morgan fingerprint density at radius 3 is 2.83 bits per heavy atom. The fourth-order valence-electron chi connectivity index (χ4n) is 4.22. The minimum atomic E-state index is -0.459. The second kappa shape index (κ2) is 7.51. The van der Waals surface area contributed by atoms with E-state index in [-0.39, 0.29) is 30.4 Å². The van der Waals surface area contributed by atoms with E-state index < -0.39 is 6.29 Å². The number of hydrogen-bond acceptors (Lipinski definition) is 5. The van der Waals surface area contributed by atoms with Crippen molar-refractivity contribution in [3.63, 3.8) is 0 Å². The first-order valence-corrected chi connectivity index (χ1v) is 10.3. The summed E-state index contributed by atoms with van der Waals surface area (Å²) in [5.41, 5.74) is 0.953. The van der Waals surface area contributed by atoms with E-state index in [4.69, 9.17) is 9.84 Å². The predicted octanol–water partition coefficient (Wildman–Crippen LogP) is 2.12. The number of para-hydroxylation sites is 1. The molecule has 2 aromatic rings. The largest absolute Gasteiger partial charge is 0.484 e. The number of aromatic nitrogens is 2. The summed E-state index contributed by atoms with van der Waals surface area (Å²) < 4.78 is 7.23. The third-order valence-corrected chi connectivity index (χ3v) is 5.88. The fourth-order valence-corrected chi connectivity index (χ4v) is 4.22. The van der Waals surface area contributed by atoms with E-state index >= 15 is 0 Å². The molecule has 0 radical (unpaired) electrons. The molecule has 2 saturated carbocycles. The van der Waals surface area contributed by atoms with Crippen LogP contribution >= 0.6 is 0 Å². The van der Waals surface area contributed by atoms with Gasteiger partial charge >= 0.3 is 0 Å². The van der Waals surface area contributed by atoms with Gasteiger partial charge in [0.25, 0.3) is 5.91 Å². The van der Waals surface area contributed by atoms with E-state index in [9.17, 15) is 9.59 Å². The van der Waals surface area contributed by atoms with Gasteiger partial charge in [-0.25, -0.2) is 4.68 Å². The minimum Gasteiger partial charge on any atom is -0.484 e. The molecule has 3 N–H and O–H groups in total. The van der Waals surface area contributed by atoms with Gasteiger partial charge < -0.3 is 15.4 Å². The lowest BCUT2D eigenvalue weighted by Gasteiger charge is -2.34. The molecule has 3 aliphatic rings. The molecule has 2 heterocycles. The van der Waals surface area contributed by atoms with Gasteiger partial charge in [-0.05, 0) is 37.8 Å². The normalized spacial score (nSPS) is 25.9. The van der Waals surface area contributed by atoms with E-state index in [1.165, 1.54) is 0 Å². The molecular weight excluding hydrogens is 370 g/mol. The molecule has 5 rings (SSSR count). The summed E-state index contributed by atoms with van der Waals surface area (Å²) in [4.78, 5) is 25.0. The maximum atomic E-state index is 12.5. The Morgan fingerprint density at radius 1 is 1.21 bits per heavy atom. The van der Waals surface area contributed by atoms with Gasteiger partial charge in [-0.1, -0.05) is 24.6 Å². The number of carbonyl (C=O) groups is 2. The summed E-state index contributed by atoms with van der Waals surface area (Å²) in [6.07, 6.45) is 4.71. The van der Waals surface area contributed by atoms with Gasteiger partial charge in [-0.3, -0.25) is 14.9 Å². The summed E-state index contributed by atoms with van der Waals surface area (Å²) in [7, 11) is 0. The highest BCUT2D eigenvalue weighted by atomic mass is 16.5. The monoisotopic (exact) mass is 395 g/mol. The van der Waals surface area contributed by atoms with Crippen LogP contribution in [0.1, 0.15) is 50.0 Å². The van der Waals surface area contributed by atoms with Gasteiger partial charge in [0.1, 0.15) is 11.6 Å². The van der Waals surface area contributed by atoms with Crippen molar-refractivity contribution in [1.82, 2.24) is 20.4 Å². The van der Waals surface area contributed by atoms with Crippen LogP contribution in [0.5, 0.6) is 5.75 Å². The topological polar surface area (TPSA) is 97.3 Å². The van der Waals surface area contributed by atoms with E-state index in [0.717, 1.165) is 37.8 Å². The molecule has 0 bridgehead atoms. The second-order valence-corrected chi connectivity index (χ2v) is 8.04. The number of carbonyl (C=O) groups excluding carboxylic acids is 2. The molecule has 2 amide bonds. The van der Waals surface area contributed by atoms with E-state index in [1.54, 1.807) is 4.68 Å². The van der Waals surface area contributed by atoms with Crippen molar-refractivity contribution in [2.45, 2.75) is 50.4 Å². The van der Waals surface area contributed by atoms with Crippen molar-refractivity contribution in [1.29, 1.82) is 0 Å². The molecule has 3 atom stereocenters. The number of benzene rings is 1. The molecule has 152 valence electrons. The lowest BCUT2D eigenvalue weighted by atomic mass is 10.0. The van der Waals surface area contributed by atoms with Crippen molar-refractivity contribution in [3.05, 3.63) is 42.1 Å². The number of anilines is 1. The van der Waals surface area contributed by atoms with Crippen LogP contribution in [0.3, 0.4) is 0 Å². The summed E-state index contributed by atoms with van der Waals surface area (Å²) in [6, 6.07) is 11.3. The van der Waals surface area contributed by atoms with Crippen molar-refractivity contribution in [2.75, 3.05) is 11.9 Å². The van der Waals surface area contributed by atoms with Crippen LogP contribution in [-0.2, 0) is 9.59 Å². The minimum absolute atomic E-state index is 0.0297. The Balaban J connectivity index is 1.31. The molecule has 1 aromatic carbocycles. The molecular formula is C21H25N5O3. The smallest absolute Gasteiger partial charge is 0.263 e. The van der Waals surface area contributed by atoms with Crippen LogP contribution in [0.15, 0.2) is 36.4 Å². The predicted molar refractivity (Wildman–Crippen MR) is 106 cm³/mol. The Labute approximate surface area is 169 Å². The number of hydrogen-bond donors (Lipinski definition) is 3. The quantitative estimate of drug-likeness (QED) is 0.696. The Bertz CT molecular complexity index is 908. The average Bonchev–Trinajstić information content (AvgIpc) is 3.31. The zero-order valence-electron chi connectivity index (χ0n) is 16.1. The highest BCUT2D eigenvalue weighted by molar-refractivity contribution is 5.91. The number of nitrogens with zero attached hydrogens (tertiary/aromatic N) is 2. The third-order valence-electron chi connectivity index (χ3n) is 5.88. The van der Waals surface area contributed by atoms with Gasteiger partial charge in [-0.15, -0.1) is 0 Å². The summed E-state index contributed by atoms with van der Waals surface area (Å²) in [6.45, 7) is -0.0941. The van der Waals surface area contributed by atoms with E-state index in [0.29, 0.717) is 17.5 Å². The second-order valence-electron chi connectivity index (χ2n) is 8.04. The molecule has 1 saturated heterocycles. The Kier molecular flexibility index (Phi) is 4.71. The Hall–Kier alpha value is -2.87. The lowest BCUT2D eigenvalue weighted by molar-refractivity contribution is -0.130. The molecule has 29 heavy (non-hydrogen) atoms. The highest BCUT2D eigenvalue weighted by Crippen LogP contribution is 2.40. The summed E-state index contributed by atoms with van der Waals surface area (Å²) >= 11 is 0. The molecule has 3 unspecified atom stereocenters. The van der Waals surface area contributed by atoms with Gasteiger partial charge in [0.05, 0.1) is 11.6 Å². The van der Waals surface area contributed by atoms with Crippen LogP contribution in [0.25, 0.3) is 0 Å². The highest BCUT2D eigenvalue weighted by Gasteiger charge is 2.40. The van der Waals surface area contributed by atoms with Gasteiger partial charge in [0.2, 0.25) is 5.91 Å². The number of amides is 2. The standard InChI is InChI=1S/C21H25N5O3/c27-19(12-29-14-5-2-1-3-6-14)23-18-11-17(13-9-10-13)25-26(18)21-22-16-8-4-7-15(16)20(28)24-21/h1-3,5-6,11,13,15-16,21-22H,4,7-10,12H2,(H,23,27)(H,24,28). The average molecular weight is 395 g/mol. The molecule has 8 heteroatoms. The molecule has 2 aliphatic carbocycles. The molecule has 1 aliphatic heterocycles. The van der Waals surface area contributed by atoms with Gasteiger partial charge in [0.15, 0.2) is 12.9 Å². The maximum Gasteiger partial charge on any atom is 0.263 e. The van der Waals surface area contributed by atoms with E-state index in [2.05, 4.69) is 16.0 Å². The van der Waals surface area contributed by atoms with E-state index in [1.807, 2.05) is 36.4 Å². The first-order valence-electron chi connectivity index (χ1n) is 10.3. The van der Waals surface area contributed by atoms with Crippen LogP contribution in [0, 0.1) is 5.92 Å². The number of nitrogens with one attached hydrogen (secondary N) is 3. The molecule has 0 spiro atoms.